The minimum atomic E-state index is -0.611. The highest BCUT2D eigenvalue weighted by atomic mass is 32.2. The van der Waals surface area contributed by atoms with E-state index in [4.69, 9.17) is 0 Å². The molecular formula is C23H17N7O4S. The van der Waals surface area contributed by atoms with E-state index in [-0.39, 0.29) is 28.9 Å². The van der Waals surface area contributed by atoms with Gasteiger partial charge in [0.05, 0.1) is 34.1 Å². The molecule has 0 bridgehead atoms. The normalized spacial score (nSPS) is 14.5. The Morgan fingerprint density at radius 3 is 2.89 bits per heavy atom. The van der Waals surface area contributed by atoms with Crippen molar-refractivity contribution in [1.82, 2.24) is 19.3 Å². The summed E-state index contributed by atoms with van der Waals surface area (Å²) in [4.78, 5) is 41.1. The molecule has 1 N–H and O–H groups in total. The molecular weight excluding hydrogens is 470 g/mol. The second-order valence-corrected chi connectivity index (χ2v) is 8.95. The number of fused-ring (bicyclic) bond motifs is 2. The molecule has 174 valence electrons. The third-order valence-corrected chi connectivity index (χ3v) is 6.84. The van der Waals surface area contributed by atoms with E-state index >= 15 is 0 Å². The fourth-order valence-electron chi connectivity index (χ4n) is 4.02. The van der Waals surface area contributed by atoms with Crippen LogP contribution in [0.2, 0.25) is 0 Å². The summed E-state index contributed by atoms with van der Waals surface area (Å²) in [6.07, 6.45) is 1.46. The van der Waals surface area contributed by atoms with Crippen LogP contribution in [0.25, 0.3) is 16.7 Å². The van der Waals surface area contributed by atoms with Gasteiger partial charge < -0.3 is 5.32 Å². The molecule has 5 rings (SSSR count). The number of nitrogens with one attached hydrogen (secondary N) is 1. The van der Waals surface area contributed by atoms with Gasteiger partial charge in [-0.2, -0.15) is 10.4 Å². The first-order valence-corrected chi connectivity index (χ1v) is 11.5. The number of amides is 1. The number of non-ortho nitro benzene ring substituents is 1. The number of nitriles is 1. The second-order valence-electron chi connectivity index (χ2n) is 7.97. The highest BCUT2D eigenvalue weighted by molar-refractivity contribution is 7.99. The molecule has 3 heterocycles. The van der Waals surface area contributed by atoms with E-state index in [0.717, 1.165) is 17.3 Å². The lowest BCUT2D eigenvalue weighted by molar-refractivity contribution is -0.384. The Labute approximate surface area is 202 Å². The van der Waals surface area contributed by atoms with Gasteiger partial charge in [-0.25, -0.2) is 9.67 Å². The van der Waals surface area contributed by atoms with Crippen molar-refractivity contribution in [2.24, 2.45) is 0 Å². The summed E-state index contributed by atoms with van der Waals surface area (Å²) in [5.41, 5.74) is 1.92. The number of carbonyl (C=O) groups excluding carboxylic acids is 1. The molecule has 0 spiro atoms. The van der Waals surface area contributed by atoms with Crippen molar-refractivity contribution in [2.75, 3.05) is 11.1 Å². The molecule has 1 aliphatic rings. The first-order valence-electron chi connectivity index (χ1n) is 10.5. The molecule has 0 fully saturated rings. The van der Waals surface area contributed by atoms with Gasteiger partial charge in [0.15, 0.2) is 10.8 Å². The number of rotatable bonds is 5. The van der Waals surface area contributed by atoms with Crippen molar-refractivity contribution in [3.05, 3.63) is 80.3 Å². The predicted molar refractivity (Wildman–Crippen MR) is 129 cm³/mol. The summed E-state index contributed by atoms with van der Waals surface area (Å²) in [7, 11) is 0. The molecule has 4 aromatic rings. The van der Waals surface area contributed by atoms with Crippen LogP contribution in [0.1, 0.15) is 23.6 Å². The van der Waals surface area contributed by atoms with Gasteiger partial charge in [-0.3, -0.25) is 24.3 Å². The quantitative estimate of drug-likeness (QED) is 0.256. The maximum atomic E-state index is 13.3. The number of aryl methyl sites for hydroxylation is 1. The number of para-hydroxylation sites is 1. The predicted octanol–water partition coefficient (Wildman–Crippen LogP) is 3.35. The topological polar surface area (TPSA) is 149 Å². The number of thioether (sulfide) groups is 1. The molecule has 2 aromatic carbocycles. The second kappa shape index (κ2) is 8.69. The minimum Gasteiger partial charge on any atom is -0.325 e. The van der Waals surface area contributed by atoms with Crippen LogP contribution in [-0.4, -0.2) is 35.9 Å². The van der Waals surface area contributed by atoms with Crippen molar-refractivity contribution in [3.63, 3.8) is 0 Å². The van der Waals surface area contributed by atoms with Crippen molar-refractivity contribution >= 4 is 40.1 Å². The van der Waals surface area contributed by atoms with Gasteiger partial charge in [0.1, 0.15) is 11.5 Å². The number of benzene rings is 2. The lowest BCUT2D eigenvalue weighted by Gasteiger charge is -2.14. The van der Waals surface area contributed by atoms with E-state index in [1.165, 1.54) is 34.7 Å². The fraction of sp³-hybridized carbons (Fsp3) is 0.174. The van der Waals surface area contributed by atoms with Gasteiger partial charge in [-0.15, -0.1) is 0 Å². The molecule has 1 unspecified atom stereocenters. The minimum absolute atomic E-state index is 0.0158. The molecule has 1 atom stereocenters. The Kier molecular flexibility index (Phi) is 5.54. The molecule has 0 radical (unpaired) electrons. The third kappa shape index (κ3) is 3.91. The highest BCUT2D eigenvalue weighted by Crippen LogP contribution is 2.34. The van der Waals surface area contributed by atoms with Crippen molar-refractivity contribution < 1.29 is 9.72 Å². The van der Waals surface area contributed by atoms with Crippen LogP contribution in [-0.2, 0) is 4.79 Å². The zero-order valence-corrected chi connectivity index (χ0v) is 19.2. The number of carbonyl (C=O) groups is 1. The molecule has 0 saturated carbocycles. The van der Waals surface area contributed by atoms with Crippen LogP contribution in [0, 0.1) is 28.4 Å². The van der Waals surface area contributed by atoms with E-state index < -0.39 is 16.9 Å². The Morgan fingerprint density at radius 1 is 1.34 bits per heavy atom. The zero-order chi connectivity index (χ0) is 24.7. The maximum Gasteiger partial charge on any atom is 0.270 e. The maximum absolute atomic E-state index is 13.3. The summed E-state index contributed by atoms with van der Waals surface area (Å²) in [6, 6.07) is 12.7. The van der Waals surface area contributed by atoms with E-state index in [1.54, 1.807) is 4.68 Å². The number of aromatic nitrogens is 4. The third-order valence-electron chi connectivity index (χ3n) is 5.74. The zero-order valence-electron chi connectivity index (χ0n) is 18.3. The summed E-state index contributed by atoms with van der Waals surface area (Å²) in [5.74, 6) is 0.0576. The van der Waals surface area contributed by atoms with Crippen LogP contribution >= 0.6 is 11.8 Å². The number of nitro groups is 1. The lowest BCUT2D eigenvalue weighted by atomic mass is 10.1. The van der Waals surface area contributed by atoms with E-state index in [1.807, 2.05) is 37.3 Å². The van der Waals surface area contributed by atoms with Gasteiger partial charge in [-0.1, -0.05) is 30.0 Å². The molecule has 1 aliphatic heterocycles. The fourth-order valence-corrected chi connectivity index (χ4v) is 5.15. The highest BCUT2D eigenvalue weighted by Gasteiger charge is 2.30. The van der Waals surface area contributed by atoms with Crippen LogP contribution in [0.5, 0.6) is 0 Å². The molecule has 12 heteroatoms. The Morgan fingerprint density at radius 2 is 2.14 bits per heavy atom. The first kappa shape index (κ1) is 22.3. The number of hydrogen-bond donors (Lipinski definition) is 1. The van der Waals surface area contributed by atoms with E-state index in [2.05, 4.69) is 15.4 Å². The Bertz CT molecular complexity index is 1620. The summed E-state index contributed by atoms with van der Waals surface area (Å²) in [5, 5.41) is 28.1. The summed E-state index contributed by atoms with van der Waals surface area (Å²) < 4.78 is 3.16. The number of hydrogen-bond acceptors (Lipinski definition) is 8. The van der Waals surface area contributed by atoms with Gasteiger partial charge in [0.25, 0.3) is 11.2 Å². The van der Waals surface area contributed by atoms with Crippen LogP contribution in [0.4, 0.5) is 11.4 Å². The van der Waals surface area contributed by atoms with Crippen molar-refractivity contribution in [2.45, 2.75) is 24.5 Å². The Balaban J connectivity index is 1.42. The van der Waals surface area contributed by atoms with Crippen LogP contribution in [0.15, 0.2) is 58.6 Å². The summed E-state index contributed by atoms with van der Waals surface area (Å²) in [6.45, 7) is 1.95. The largest absolute Gasteiger partial charge is 0.325 e. The lowest BCUT2D eigenvalue weighted by Crippen LogP contribution is -2.28. The first-order chi connectivity index (χ1) is 16.9. The van der Waals surface area contributed by atoms with Crippen LogP contribution < -0.4 is 10.9 Å². The molecule has 35 heavy (non-hydrogen) atoms. The smallest absolute Gasteiger partial charge is 0.270 e. The number of nitro benzene ring substituents is 1. The van der Waals surface area contributed by atoms with Gasteiger partial charge >= 0.3 is 0 Å². The average Bonchev–Trinajstić information content (AvgIpc) is 3.44. The standard InChI is InChI=1S/C23H17N7O4S/c1-13-4-2-3-5-19(13)29-21-17(11-25-29)22(32)28-16(12-35-23(28)27-21)9-20(31)26-18-7-6-15(30(33)34)8-14(18)10-24/h2-8,11,16H,9,12H2,1H3,(H,26,31). The number of anilines is 1. The van der Waals surface area contributed by atoms with Crippen molar-refractivity contribution in [3.8, 4) is 11.8 Å². The number of nitrogens with zero attached hydrogens (tertiary/aromatic N) is 6. The van der Waals surface area contributed by atoms with Gasteiger partial charge in [-0.05, 0) is 24.6 Å². The Hall–Kier alpha value is -4.50. The van der Waals surface area contributed by atoms with Crippen LogP contribution in [0.3, 0.4) is 0 Å². The summed E-state index contributed by atoms with van der Waals surface area (Å²) >= 11 is 1.38. The molecule has 0 aliphatic carbocycles. The average molecular weight is 488 g/mol. The van der Waals surface area contributed by atoms with E-state index in [9.17, 15) is 25.0 Å². The molecule has 2 aromatic heterocycles. The van der Waals surface area contributed by atoms with E-state index in [0.29, 0.717) is 21.9 Å². The van der Waals surface area contributed by atoms with Gasteiger partial charge in [0.2, 0.25) is 5.91 Å². The SMILES string of the molecule is Cc1ccccc1-n1ncc2c(=O)n3c(nc21)SCC3CC(=O)Nc1ccc([N+](=O)[O-])cc1C#N. The monoisotopic (exact) mass is 487 g/mol. The van der Waals surface area contributed by atoms with Crippen molar-refractivity contribution in [1.29, 1.82) is 5.26 Å². The molecule has 1 amide bonds. The molecule has 0 saturated heterocycles. The van der Waals surface area contributed by atoms with Gasteiger partial charge in [0, 0.05) is 24.3 Å². The molecule has 11 nitrogen and oxygen atoms in total.